The van der Waals surface area contributed by atoms with E-state index in [9.17, 15) is 0 Å². The van der Waals surface area contributed by atoms with E-state index in [0.29, 0.717) is 0 Å². The summed E-state index contributed by atoms with van der Waals surface area (Å²) in [6.45, 7) is 0. The zero-order chi connectivity index (χ0) is 15.5. The fourth-order valence-corrected chi connectivity index (χ4v) is 2.83. The van der Waals surface area contributed by atoms with Crippen LogP contribution in [0.3, 0.4) is 0 Å². The van der Waals surface area contributed by atoms with Crippen LogP contribution in [0.25, 0.3) is 33.5 Å². The fraction of sp³-hybridized carbons (Fsp3) is 0. The van der Waals surface area contributed by atoms with Crippen LogP contribution < -0.4 is 0 Å². The number of hydrogen-bond donors (Lipinski definition) is 1. The largest absolute Gasteiger partial charge is 0.361 e. The van der Waals surface area contributed by atoms with Crippen LogP contribution in [-0.2, 0) is 0 Å². The molecule has 4 rings (SSSR count). The van der Waals surface area contributed by atoms with Crippen LogP contribution in [0.4, 0.5) is 0 Å². The summed E-state index contributed by atoms with van der Waals surface area (Å²) in [6, 6.07) is 31.8. The number of rotatable bonds is 3. The topological polar surface area (TPSA) is 15.8 Å². The molecule has 0 radical (unpaired) electrons. The maximum atomic E-state index is 3.37. The zero-order valence-electron chi connectivity index (χ0n) is 12.7. The lowest BCUT2D eigenvalue weighted by molar-refractivity contribution is 1.40. The second kappa shape index (κ2) is 5.98. The second-order valence-corrected chi connectivity index (χ2v) is 5.61. The van der Waals surface area contributed by atoms with E-state index in [4.69, 9.17) is 0 Å². The highest BCUT2D eigenvalue weighted by atomic mass is 14.7. The van der Waals surface area contributed by atoms with Crippen molar-refractivity contribution in [1.82, 2.24) is 4.98 Å². The second-order valence-electron chi connectivity index (χ2n) is 5.61. The summed E-state index contributed by atoms with van der Waals surface area (Å²) in [4.78, 5) is 3.37. The average molecular weight is 295 g/mol. The molecule has 1 aromatic heterocycles. The third-order valence-electron chi connectivity index (χ3n) is 4.09. The highest BCUT2D eigenvalue weighted by molar-refractivity contribution is 5.74. The number of H-pyrrole nitrogens is 1. The molecule has 0 unspecified atom stereocenters. The minimum absolute atomic E-state index is 1.15. The number of hydrogen-bond acceptors (Lipinski definition) is 0. The quantitative estimate of drug-likeness (QED) is 0.476. The van der Waals surface area contributed by atoms with Crippen LogP contribution >= 0.6 is 0 Å². The number of nitrogens with one attached hydrogen (secondary N) is 1. The van der Waals surface area contributed by atoms with Crippen LogP contribution in [0, 0.1) is 0 Å². The first-order valence-electron chi connectivity index (χ1n) is 7.80. The molecule has 0 bridgehead atoms. The average Bonchev–Trinajstić information content (AvgIpc) is 3.14. The molecular weight excluding hydrogens is 278 g/mol. The van der Waals surface area contributed by atoms with Crippen molar-refractivity contribution in [2.24, 2.45) is 0 Å². The van der Waals surface area contributed by atoms with E-state index in [-0.39, 0.29) is 0 Å². The first kappa shape index (κ1) is 13.6. The van der Waals surface area contributed by atoms with Gasteiger partial charge in [0.15, 0.2) is 0 Å². The molecule has 3 aromatic carbocycles. The Morgan fingerprint density at radius 3 is 1.52 bits per heavy atom. The molecule has 0 spiro atoms. The van der Waals surface area contributed by atoms with E-state index in [1.54, 1.807) is 0 Å². The van der Waals surface area contributed by atoms with Crippen molar-refractivity contribution in [3.63, 3.8) is 0 Å². The Labute approximate surface area is 136 Å². The number of aromatic nitrogens is 1. The Hall–Kier alpha value is -3.06. The molecule has 1 heterocycles. The summed E-state index contributed by atoms with van der Waals surface area (Å²) in [6.07, 6.45) is 2.07. The van der Waals surface area contributed by atoms with Gasteiger partial charge in [0.25, 0.3) is 0 Å². The van der Waals surface area contributed by atoms with Gasteiger partial charge in [0.05, 0.1) is 0 Å². The monoisotopic (exact) mass is 295 g/mol. The van der Waals surface area contributed by atoms with Crippen LogP contribution in [0.1, 0.15) is 0 Å². The Morgan fingerprint density at radius 2 is 0.913 bits per heavy atom. The molecule has 0 fully saturated rings. The van der Waals surface area contributed by atoms with Gasteiger partial charge in [0, 0.05) is 11.9 Å². The van der Waals surface area contributed by atoms with Crippen molar-refractivity contribution in [2.45, 2.75) is 0 Å². The highest BCUT2D eigenvalue weighted by Gasteiger charge is 2.04. The van der Waals surface area contributed by atoms with Gasteiger partial charge in [0.2, 0.25) is 0 Å². The number of benzene rings is 3. The Bertz CT molecular complexity index is 888. The summed E-state index contributed by atoms with van der Waals surface area (Å²) in [5, 5.41) is 0. The van der Waals surface area contributed by atoms with Gasteiger partial charge >= 0.3 is 0 Å². The maximum absolute atomic E-state index is 3.37. The van der Waals surface area contributed by atoms with Gasteiger partial charge in [-0.1, -0.05) is 84.9 Å². The molecule has 1 N–H and O–H groups in total. The van der Waals surface area contributed by atoms with Crippen molar-refractivity contribution < 1.29 is 0 Å². The third-order valence-corrected chi connectivity index (χ3v) is 4.09. The van der Waals surface area contributed by atoms with E-state index < -0.39 is 0 Å². The molecule has 110 valence electrons. The standard InChI is InChI=1S/C22H17N/c1-3-7-17(8-4-1)18-11-13-19(14-12-18)21-15-22(23-16-21)20-9-5-2-6-10-20/h1-16,23H. The predicted octanol–water partition coefficient (Wildman–Crippen LogP) is 6.02. The smallest absolute Gasteiger partial charge is 0.0460 e. The van der Waals surface area contributed by atoms with Gasteiger partial charge in [-0.2, -0.15) is 0 Å². The molecule has 4 aromatic rings. The third kappa shape index (κ3) is 2.82. The summed E-state index contributed by atoms with van der Waals surface area (Å²) < 4.78 is 0. The SMILES string of the molecule is c1ccc(-c2ccc(-c3c[nH]c(-c4ccccc4)c3)cc2)cc1. The highest BCUT2D eigenvalue weighted by Crippen LogP contribution is 2.28. The van der Waals surface area contributed by atoms with Gasteiger partial charge in [-0.05, 0) is 33.9 Å². The van der Waals surface area contributed by atoms with Gasteiger partial charge in [-0.25, -0.2) is 0 Å². The Morgan fingerprint density at radius 1 is 0.435 bits per heavy atom. The molecule has 1 nitrogen and oxygen atoms in total. The van der Waals surface area contributed by atoms with Crippen LogP contribution in [0.15, 0.2) is 97.2 Å². The molecule has 0 atom stereocenters. The zero-order valence-corrected chi connectivity index (χ0v) is 12.7. The lowest BCUT2D eigenvalue weighted by atomic mass is 10.0. The van der Waals surface area contributed by atoms with E-state index in [1.165, 1.54) is 27.8 Å². The minimum atomic E-state index is 1.15. The number of aromatic amines is 1. The first-order chi connectivity index (χ1) is 11.4. The van der Waals surface area contributed by atoms with E-state index in [0.717, 1.165) is 5.69 Å². The van der Waals surface area contributed by atoms with Gasteiger partial charge in [0.1, 0.15) is 0 Å². The molecule has 0 aliphatic heterocycles. The van der Waals surface area contributed by atoms with E-state index in [1.807, 2.05) is 12.1 Å². The van der Waals surface area contributed by atoms with Crippen molar-refractivity contribution in [3.05, 3.63) is 97.2 Å². The summed E-state index contributed by atoms with van der Waals surface area (Å²) in [5.41, 5.74) is 7.28. The van der Waals surface area contributed by atoms with Gasteiger partial charge in [-0.15, -0.1) is 0 Å². The van der Waals surface area contributed by atoms with Crippen LogP contribution in [-0.4, -0.2) is 4.98 Å². The molecule has 0 aliphatic carbocycles. The lowest BCUT2D eigenvalue weighted by Crippen LogP contribution is -1.78. The molecule has 23 heavy (non-hydrogen) atoms. The van der Waals surface area contributed by atoms with E-state index >= 15 is 0 Å². The molecule has 0 aliphatic rings. The summed E-state index contributed by atoms with van der Waals surface area (Å²) in [5.74, 6) is 0. The molecule has 1 heteroatoms. The van der Waals surface area contributed by atoms with Gasteiger partial charge < -0.3 is 4.98 Å². The Balaban J connectivity index is 1.63. The summed E-state index contributed by atoms with van der Waals surface area (Å²) in [7, 11) is 0. The van der Waals surface area contributed by atoms with Crippen LogP contribution in [0.2, 0.25) is 0 Å². The van der Waals surface area contributed by atoms with Crippen molar-refractivity contribution in [2.75, 3.05) is 0 Å². The normalized spacial score (nSPS) is 10.6. The molecule has 0 amide bonds. The molecular formula is C22H17N. The molecule has 0 saturated heterocycles. The maximum Gasteiger partial charge on any atom is 0.0460 e. The van der Waals surface area contributed by atoms with Gasteiger partial charge in [-0.3, -0.25) is 0 Å². The predicted molar refractivity (Wildman–Crippen MR) is 97.1 cm³/mol. The van der Waals surface area contributed by atoms with Crippen molar-refractivity contribution >= 4 is 0 Å². The first-order valence-corrected chi connectivity index (χ1v) is 7.80. The van der Waals surface area contributed by atoms with E-state index in [2.05, 4.69) is 90.0 Å². The minimum Gasteiger partial charge on any atom is -0.361 e. The fourth-order valence-electron chi connectivity index (χ4n) is 2.83. The van der Waals surface area contributed by atoms with Crippen molar-refractivity contribution in [3.8, 4) is 33.5 Å². The molecule has 0 saturated carbocycles. The van der Waals surface area contributed by atoms with Crippen molar-refractivity contribution in [1.29, 1.82) is 0 Å². The van der Waals surface area contributed by atoms with Crippen LogP contribution in [0.5, 0.6) is 0 Å². The lowest BCUT2D eigenvalue weighted by Gasteiger charge is -2.03. The summed E-state index contributed by atoms with van der Waals surface area (Å²) >= 11 is 0. The Kier molecular flexibility index (Phi) is 3.53.